The molecule has 11 heteroatoms. The Balaban J connectivity index is 1.52. The number of allylic oxidation sites excluding steroid dienone is 4. The van der Waals surface area contributed by atoms with Crippen molar-refractivity contribution >= 4 is 33.0 Å². The number of amides is 1. The van der Waals surface area contributed by atoms with Gasteiger partial charge >= 0.3 is 0 Å². The van der Waals surface area contributed by atoms with Crippen LogP contribution in [0.25, 0.3) is 11.3 Å². The minimum absolute atomic E-state index is 0.0473. The number of carbonyl (C=O) groups is 1. The smallest absolute Gasteiger partial charge is 0.265 e. The number of benzene rings is 2. The highest BCUT2D eigenvalue weighted by atomic mass is 32.2. The minimum Gasteiger partial charge on any atom is -0.482 e. The van der Waals surface area contributed by atoms with E-state index in [2.05, 4.69) is 5.10 Å². The van der Waals surface area contributed by atoms with Gasteiger partial charge in [-0.3, -0.25) is 15.1 Å². The van der Waals surface area contributed by atoms with E-state index in [9.17, 15) is 13.2 Å². The monoisotopic (exact) mass is 518 g/mol. The summed E-state index contributed by atoms with van der Waals surface area (Å²) in [6, 6.07) is 14.3. The first-order chi connectivity index (χ1) is 17.6. The zero-order valence-corrected chi connectivity index (χ0v) is 21.0. The molecule has 0 bridgehead atoms. The molecular formula is C26H26N6O4S. The topological polar surface area (TPSA) is 157 Å². The van der Waals surface area contributed by atoms with Crippen LogP contribution in [-0.4, -0.2) is 36.5 Å². The van der Waals surface area contributed by atoms with E-state index in [0.29, 0.717) is 41.0 Å². The summed E-state index contributed by atoms with van der Waals surface area (Å²) in [6.07, 6.45) is 4.60. The van der Waals surface area contributed by atoms with Crippen LogP contribution in [0.15, 0.2) is 65.6 Å². The summed E-state index contributed by atoms with van der Waals surface area (Å²) < 4.78 is 31.8. The number of nitrogens with zero attached hydrogens (tertiary/aromatic N) is 3. The van der Waals surface area contributed by atoms with Crippen molar-refractivity contribution in [1.29, 1.82) is 5.41 Å². The summed E-state index contributed by atoms with van der Waals surface area (Å²) >= 11 is 0. The third kappa shape index (κ3) is 4.78. The lowest BCUT2D eigenvalue weighted by molar-refractivity contribution is -0.121. The largest absolute Gasteiger partial charge is 0.482 e. The van der Waals surface area contributed by atoms with Crippen LogP contribution in [0.5, 0.6) is 5.75 Å². The van der Waals surface area contributed by atoms with Crippen molar-refractivity contribution in [1.82, 2.24) is 9.78 Å². The number of fused-ring (bicyclic) bond motifs is 1. The Labute approximate surface area is 214 Å². The maximum atomic E-state index is 12.9. The van der Waals surface area contributed by atoms with E-state index < -0.39 is 10.0 Å². The molecule has 1 aromatic heterocycles. The SMILES string of the molecule is Cc1cc(CN2C(=O)COc3cc(C4=C(S(N)(=O)=O)CCC=C4)ccc32)n(-c2cccc(C(=N)N)c2)n1. The molecule has 2 heterocycles. The molecule has 0 unspecified atom stereocenters. The van der Waals surface area contributed by atoms with Crippen molar-refractivity contribution in [2.45, 2.75) is 26.3 Å². The lowest BCUT2D eigenvalue weighted by Gasteiger charge is -2.30. The molecule has 0 fully saturated rings. The van der Waals surface area contributed by atoms with Gasteiger partial charge in [-0.2, -0.15) is 5.10 Å². The fourth-order valence-electron chi connectivity index (χ4n) is 4.60. The van der Waals surface area contributed by atoms with Crippen LogP contribution in [0.3, 0.4) is 0 Å². The second kappa shape index (κ2) is 9.34. The van der Waals surface area contributed by atoms with Crippen molar-refractivity contribution < 1.29 is 17.9 Å². The molecule has 0 radical (unpaired) electrons. The number of carbonyl (C=O) groups excluding carboxylic acids is 1. The van der Waals surface area contributed by atoms with Gasteiger partial charge in [0.1, 0.15) is 11.6 Å². The van der Waals surface area contributed by atoms with Crippen molar-refractivity contribution in [3.63, 3.8) is 0 Å². The zero-order valence-electron chi connectivity index (χ0n) is 20.1. The van der Waals surface area contributed by atoms with Gasteiger partial charge in [0, 0.05) is 5.56 Å². The number of nitrogen functional groups attached to an aromatic ring is 1. The minimum atomic E-state index is -3.85. The van der Waals surface area contributed by atoms with Gasteiger partial charge in [0.25, 0.3) is 5.91 Å². The number of ether oxygens (including phenoxy) is 1. The highest BCUT2D eigenvalue weighted by Crippen LogP contribution is 2.38. The van der Waals surface area contributed by atoms with Crippen LogP contribution in [0.4, 0.5) is 5.69 Å². The van der Waals surface area contributed by atoms with E-state index >= 15 is 0 Å². The first-order valence-corrected chi connectivity index (χ1v) is 13.2. The Bertz CT molecular complexity index is 1600. The number of anilines is 1. The van der Waals surface area contributed by atoms with Crippen molar-refractivity contribution in [2.24, 2.45) is 10.9 Å². The number of rotatable bonds is 6. The normalized spacial score (nSPS) is 15.5. The van der Waals surface area contributed by atoms with E-state index in [1.165, 1.54) is 0 Å². The first-order valence-electron chi connectivity index (χ1n) is 11.6. The maximum Gasteiger partial charge on any atom is 0.265 e. The maximum absolute atomic E-state index is 12.9. The Hall–Kier alpha value is -4.22. The lowest BCUT2D eigenvalue weighted by Crippen LogP contribution is -2.38. The van der Waals surface area contributed by atoms with Crippen molar-refractivity contribution in [2.75, 3.05) is 11.5 Å². The average molecular weight is 519 g/mol. The van der Waals surface area contributed by atoms with Crippen LogP contribution >= 0.6 is 0 Å². The molecule has 1 aliphatic carbocycles. The molecule has 1 aliphatic heterocycles. The molecule has 5 N–H and O–H groups in total. The van der Waals surface area contributed by atoms with Crippen molar-refractivity contribution in [3.05, 3.63) is 88.1 Å². The Morgan fingerprint density at radius 3 is 2.76 bits per heavy atom. The highest BCUT2D eigenvalue weighted by molar-refractivity contribution is 7.93. The molecule has 0 spiro atoms. The molecule has 0 saturated heterocycles. The van der Waals surface area contributed by atoms with Crippen molar-refractivity contribution in [3.8, 4) is 11.4 Å². The van der Waals surface area contributed by atoms with E-state index in [-0.39, 0.29) is 29.8 Å². The van der Waals surface area contributed by atoms with Crippen LogP contribution in [-0.2, 0) is 21.4 Å². The molecule has 3 aromatic rings. The zero-order chi connectivity index (χ0) is 26.3. The number of hydrogen-bond acceptors (Lipinski definition) is 6. The predicted molar refractivity (Wildman–Crippen MR) is 141 cm³/mol. The molecule has 2 aromatic carbocycles. The van der Waals surface area contributed by atoms with Crippen LogP contribution in [0.2, 0.25) is 0 Å². The molecule has 0 saturated carbocycles. The number of primary sulfonamides is 1. The number of aryl methyl sites for hydroxylation is 1. The second-order valence-corrected chi connectivity index (χ2v) is 10.5. The average Bonchev–Trinajstić information content (AvgIpc) is 3.25. The van der Waals surface area contributed by atoms with E-state index in [1.807, 2.05) is 25.1 Å². The lowest BCUT2D eigenvalue weighted by atomic mass is 9.98. The van der Waals surface area contributed by atoms with Gasteiger partial charge in [-0.05, 0) is 61.2 Å². The number of nitrogens with two attached hydrogens (primary N) is 2. The van der Waals surface area contributed by atoms with Crippen LogP contribution in [0, 0.1) is 12.3 Å². The van der Waals surface area contributed by atoms with Crippen LogP contribution < -0.4 is 20.5 Å². The quantitative estimate of drug-likeness (QED) is 0.336. The van der Waals surface area contributed by atoms with Gasteiger partial charge in [-0.15, -0.1) is 0 Å². The summed E-state index contributed by atoms with van der Waals surface area (Å²) in [6.45, 7) is 1.94. The standard InChI is InChI=1S/C26H26N6O4S/c1-16-11-20(32(30-16)19-6-4-5-18(12-19)26(27)28)14-31-22-10-9-17(13-23(22)36-15-25(31)33)21-7-2-3-8-24(21)37(29,34)35/h2,4-7,9-13H,3,8,14-15H2,1H3,(H3,27,28)(H2,29,34,35). The first kappa shape index (κ1) is 24.5. The number of hydrogen-bond donors (Lipinski definition) is 3. The molecule has 2 aliphatic rings. The third-order valence-corrected chi connectivity index (χ3v) is 7.42. The van der Waals surface area contributed by atoms with Gasteiger partial charge in [0.05, 0.1) is 34.2 Å². The second-order valence-electron chi connectivity index (χ2n) is 8.93. The fourth-order valence-corrected chi connectivity index (χ4v) is 5.49. The third-order valence-electron chi connectivity index (χ3n) is 6.31. The molecule has 37 heavy (non-hydrogen) atoms. The van der Waals surface area contributed by atoms with Gasteiger partial charge in [0.15, 0.2) is 6.61 Å². The molecule has 190 valence electrons. The number of aromatic nitrogens is 2. The summed E-state index contributed by atoms with van der Waals surface area (Å²) in [5, 5.41) is 17.8. The Morgan fingerprint density at radius 1 is 1.19 bits per heavy atom. The summed E-state index contributed by atoms with van der Waals surface area (Å²) in [5.41, 5.74) is 10.2. The number of sulfonamides is 1. The molecule has 1 amide bonds. The molecule has 5 rings (SSSR count). The highest BCUT2D eigenvalue weighted by Gasteiger charge is 2.28. The van der Waals surface area contributed by atoms with Gasteiger partial charge < -0.3 is 10.5 Å². The number of amidine groups is 1. The van der Waals surface area contributed by atoms with Gasteiger partial charge in [-0.1, -0.05) is 30.4 Å². The van der Waals surface area contributed by atoms with Gasteiger partial charge in [0.2, 0.25) is 10.0 Å². The van der Waals surface area contributed by atoms with E-state index in [1.54, 1.807) is 52.1 Å². The summed E-state index contributed by atoms with van der Waals surface area (Å²) in [7, 11) is -3.85. The van der Waals surface area contributed by atoms with Gasteiger partial charge in [-0.25, -0.2) is 18.2 Å². The number of nitrogens with one attached hydrogen (secondary N) is 1. The molecule has 10 nitrogen and oxygen atoms in total. The fraction of sp³-hybridized carbons (Fsp3) is 0.192. The summed E-state index contributed by atoms with van der Waals surface area (Å²) in [5.74, 6) is 0.206. The Morgan fingerprint density at radius 2 is 2.00 bits per heavy atom. The Kier molecular flexibility index (Phi) is 6.18. The summed E-state index contributed by atoms with van der Waals surface area (Å²) in [4.78, 5) is 14.7. The molecular weight excluding hydrogens is 492 g/mol. The molecule has 0 atom stereocenters. The van der Waals surface area contributed by atoms with E-state index in [0.717, 1.165) is 17.1 Å². The van der Waals surface area contributed by atoms with E-state index in [4.69, 9.17) is 21.0 Å². The van der Waals surface area contributed by atoms with Crippen LogP contribution in [0.1, 0.15) is 35.4 Å². The predicted octanol–water partition coefficient (Wildman–Crippen LogP) is 2.74.